The van der Waals surface area contributed by atoms with Gasteiger partial charge in [-0.25, -0.2) is 9.78 Å². The zero-order valence-electron chi connectivity index (χ0n) is 17.0. The van der Waals surface area contributed by atoms with E-state index in [-0.39, 0.29) is 12.6 Å². The van der Waals surface area contributed by atoms with Gasteiger partial charge in [-0.05, 0) is 52.7 Å². The van der Waals surface area contributed by atoms with Gasteiger partial charge in [-0.2, -0.15) is 0 Å². The molecule has 0 amide bonds. The van der Waals surface area contributed by atoms with Gasteiger partial charge in [0, 0.05) is 23.3 Å². The van der Waals surface area contributed by atoms with E-state index in [9.17, 15) is 4.79 Å². The summed E-state index contributed by atoms with van der Waals surface area (Å²) in [5.41, 5.74) is 2.07. The first-order valence-corrected chi connectivity index (χ1v) is 10.3. The number of nitrogens with one attached hydrogen (secondary N) is 1. The number of carbonyl (C=O) groups excluding carboxylic acids is 1. The van der Waals surface area contributed by atoms with Crippen LogP contribution in [0.2, 0.25) is 0 Å². The molecule has 1 N–H and O–H groups in total. The van der Waals surface area contributed by atoms with E-state index in [2.05, 4.69) is 36.4 Å². The van der Waals surface area contributed by atoms with Crippen molar-refractivity contribution in [2.24, 2.45) is 0 Å². The lowest BCUT2D eigenvalue weighted by Gasteiger charge is -2.21. The smallest absolute Gasteiger partial charge is 0.339 e. The molecule has 0 spiro atoms. The third-order valence-corrected chi connectivity index (χ3v) is 4.80. The van der Waals surface area contributed by atoms with E-state index in [1.807, 2.05) is 32.9 Å². The van der Waals surface area contributed by atoms with Gasteiger partial charge in [0.25, 0.3) is 5.89 Å². The summed E-state index contributed by atoms with van der Waals surface area (Å²) in [5, 5.41) is 10.9. The normalized spacial score (nSPS) is 12.0. The second-order valence-electron chi connectivity index (χ2n) is 6.98. The summed E-state index contributed by atoms with van der Waals surface area (Å²) < 4.78 is 17.5. The second kappa shape index (κ2) is 10.3. The molecule has 1 atom stereocenters. The van der Waals surface area contributed by atoms with Gasteiger partial charge >= 0.3 is 5.97 Å². The Balaban J connectivity index is 1.72. The molecule has 1 unspecified atom stereocenters. The second-order valence-corrected chi connectivity index (χ2v) is 7.84. The lowest BCUT2D eigenvalue weighted by Crippen LogP contribution is -2.38. The number of carbonyl (C=O) groups is 1. The molecular weight excluding hydrogens is 452 g/mol. The Morgan fingerprint density at radius 3 is 2.83 bits per heavy atom. The first-order valence-electron chi connectivity index (χ1n) is 9.49. The largest absolute Gasteiger partial charge is 0.473 e. The van der Waals surface area contributed by atoms with Gasteiger partial charge in [-0.15, -0.1) is 10.2 Å². The summed E-state index contributed by atoms with van der Waals surface area (Å²) in [7, 11) is 0. The molecule has 3 aromatic rings. The van der Waals surface area contributed by atoms with E-state index in [0.717, 1.165) is 5.56 Å². The Hall–Kier alpha value is -2.78. The molecule has 0 aliphatic heterocycles. The van der Waals surface area contributed by atoms with E-state index in [1.54, 1.807) is 24.4 Å². The first-order chi connectivity index (χ1) is 14.4. The summed E-state index contributed by atoms with van der Waals surface area (Å²) in [6.45, 7) is 6.52. The number of aryl methyl sites for hydroxylation is 1. The highest BCUT2D eigenvalue weighted by molar-refractivity contribution is 9.10. The zero-order chi connectivity index (χ0) is 21.5. The van der Waals surface area contributed by atoms with Gasteiger partial charge < -0.3 is 19.2 Å². The van der Waals surface area contributed by atoms with Crippen molar-refractivity contribution >= 4 is 21.9 Å². The van der Waals surface area contributed by atoms with Crippen LogP contribution in [0.25, 0.3) is 11.5 Å². The molecule has 1 aromatic carbocycles. The molecule has 0 saturated carbocycles. The lowest BCUT2D eigenvalue weighted by molar-refractivity contribution is 0.0167. The predicted octanol–water partition coefficient (Wildman–Crippen LogP) is 3.80. The number of hydrogen-bond acceptors (Lipinski definition) is 8. The van der Waals surface area contributed by atoms with Gasteiger partial charge in [0.05, 0.1) is 5.56 Å². The topological polar surface area (TPSA) is 99.4 Å². The minimum Gasteiger partial charge on any atom is -0.473 e. The van der Waals surface area contributed by atoms with Crippen molar-refractivity contribution in [3.05, 3.63) is 58.5 Å². The summed E-state index contributed by atoms with van der Waals surface area (Å²) in [6, 6.07) is 9.22. The maximum Gasteiger partial charge on any atom is 0.339 e. The molecule has 8 nitrogen and oxygen atoms in total. The van der Waals surface area contributed by atoms with E-state index in [0.29, 0.717) is 33.9 Å². The SMILES string of the molecule is Cc1ccc(C(=O)OC(CNC(C)C)COc2ncccc2-c2nnco2)c(Br)c1. The van der Waals surface area contributed by atoms with Crippen LogP contribution in [0.3, 0.4) is 0 Å². The fourth-order valence-corrected chi connectivity index (χ4v) is 3.29. The zero-order valence-corrected chi connectivity index (χ0v) is 18.5. The molecule has 2 aromatic heterocycles. The molecule has 0 radical (unpaired) electrons. The van der Waals surface area contributed by atoms with E-state index < -0.39 is 12.1 Å². The third kappa shape index (κ3) is 5.87. The summed E-state index contributed by atoms with van der Waals surface area (Å²) in [6.07, 6.45) is 2.31. The maximum atomic E-state index is 12.7. The van der Waals surface area contributed by atoms with Gasteiger partial charge in [0.15, 0.2) is 0 Å². The van der Waals surface area contributed by atoms with E-state index in [1.165, 1.54) is 6.39 Å². The number of aromatic nitrogens is 3. The fraction of sp³-hybridized carbons (Fsp3) is 0.333. The van der Waals surface area contributed by atoms with Crippen LogP contribution in [0.1, 0.15) is 29.8 Å². The number of pyridine rings is 1. The number of nitrogens with zero attached hydrogens (tertiary/aromatic N) is 3. The predicted molar refractivity (Wildman–Crippen MR) is 114 cm³/mol. The Morgan fingerprint density at radius 1 is 1.30 bits per heavy atom. The molecular formula is C21H23BrN4O4. The summed E-state index contributed by atoms with van der Waals surface area (Å²) in [4.78, 5) is 17.0. The van der Waals surface area contributed by atoms with E-state index >= 15 is 0 Å². The Labute approximate surface area is 183 Å². The van der Waals surface area contributed by atoms with Crippen LogP contribution in [-0.2, 0) is 4.74 Å². The number of esters is 1. The molecule has 2 heterocycles. The average molecular weight is 475 g/mol. The first kappa shape index (κ1) is 21.9. The van der Waals surface area contributed by atoms with Crippen LogP contribution < -0.4 is 10.1 Å². The summed E-state index contributed by atoms with van der Waals surface area (Å²) >= 11 is 3.43. The molecule has 0 fully saturated rings. The molecule has 0 bridgehead atoms. The van der Waals surface area contributed by atoms with Crippen molar-refractivity contribution in [1.29, 1.82) is 0 Å². The number of ether oxygens (including phenoxy) is 2. The maximum absolute atomic E-state index is 12.7. The Kier molecular flexibility index (Phi) is 7.53. The van der Waals surface area contributed by atoms with Crippen LogP contribution in [0.15, 0.2) is 51.8 Å². The number of benzene rings is 1. The number of rotatable bonds is 9. The van der Waals surface area contributed by atoms with Crippen LogP contribution in [-0.4, -0.2) is 46.4 Å². The molecule has 0 aliphatic carbocycles. The number of hydrogen-bond donors (Lipinski definition) is 1. The van der Waals surface area contributed by atoms with Crippen LogP contribution in [0.4, 0.5) is 0 Å². The van der Waals surface area contributed by atoms with Crippen molar-refractivity contribution in [1.82, 2.24) is 20.5 Å². The average Bonchev–Trinajstić information content (AvgIpc) is 3.24. The standard InChI is InChI=1S/C21H23BrN4O4/c1-13(2)24-10-15(30-21(27)16-7-6-14(3)9-18(16)22)11-28-19-17(5-4-8-23-19)20-26-25-12-29-20/h4-9,12-13,15,24H,10-11H2,1-3H3. The third-order valence-electron chi connectivity index (χ3n) is 4.14. The van der Waals surface area contributed by atoms with Gasteiger partial charge in [0.1, 0.15) is 18.3 Å². The van der Waals surface area contributed by atoms with Crippen LogP contribution in [0, 0.1) is 6.92 Å². The van der Waals surface area contributed by atoms with Gasteiger partial charge in [-0.3, -0.25) is 0 Å². The van der Waals surface area contributed by atoms with Crippen LogP contribution >= 0.6 is 15.9 Å². The van der Waals surface area contributed by atoms with Crippen molar-refractivity contribution in [3.63, 3.8) is 0 Å². The lowest BCUT2D eigenvalue weighted by atomic mass is 10.1. The molecule has 3 rings (SSSR count). The quantitative estimate of drug-likeness (QED) is 0.467. The highest BCUT2D eigenvalue weighted by Gasteiger charge is 2.21. The van der Waals surface area contributed by atoms with Crippen molar-refractivity contribution in [2.75, 3.05) is 13.2 Å². The molecule has 158 valence electrons. The van der Waals surface area contributed by atoms with Crippen LogP contribution in [0.5, 0.6) is 5.88 Å². The monoisotopic (exact) mass is 474 g/mol. The minimum absolute atomic E-state index is 0.104. The highest BCUT2D eigenvalue weighted by Crippen LogP contribution is 2.26. The molecule has 0 aliphatic rings. The highest BCUT2D eigenvalue weighted by atomic mass is 79.9. The van der Waals surface area contributed by atoms with Gasteiger partial charge in [-0.1, -0.05) is 19.9 Å². The molecule has 30 heavy (non-hydrogen) atoms. The van der Waals surface area contributed by atoms with Crippen molar-refractivity contribution < 1.29 is 18.7 Å². The minimum atomic E-state index is -0.536. The Morgan fingerprint density at radius 2 is 2.13 bits per heavy atom. The number of halogens is 1. The molecule has 0 saturated heterocycles. The Bertz CT molecular complexity index is 979. The van der Waals surface area contributed by atoms with Gasteiger partial charge in [0.2, 0.25) is 12.3 Å². The van der Waals surface area contributed by atoms with Crippen molar-refractivity contribution in [3.8, 4) is 17.3 Å². The molecule has 9 heteroatoms. The van der Waals surface area contributed by atoms with E-state index in [4.69, 9.17) is 13.9 Å². The summed E-state index contributed by atoms with van der Waals surface area (Å²) in [5.74, 6) is 0.193. The fourth-order valence-electron chi connectivity index (χ4n) is 2.63. The van der Waals surface area contributed by atoms with Crippen molar-refractivity contribution in [2.45, 2.75) is 32.9 Å².